The third-order valence-corrected chi connectivity index (χ3v) is 3.26. The van der Waals surface area contributed by atoms with Crippen LogP contribution in [0, 0.1) is 6.92 Å². The van der Waals surface area contributed by atoms with Crippen LogP contribution in [-0.4, -0.2) is 29.1 Å². The second kappa shape index (κ2) is 5.83. The van der Waals surface area contributed by atoms with Gasteiger partial charge in [0.15, 0.2) is 5.78 Å². The lowest BCUT2D eigenvalue weighted by Gasteiger charge is -2.27. The number of aliphatic hydroxyl groups excluding tert-OH is 1. The fraction of sp³-hybridized carbons (Fsp3) is 0.500. The average molecular weight is 270 g/mol. The molecule has 0 saturated carbocycles. The van der Waals surface area contributed by atoms with Gasteiger partial charge >= 0.3 is 0 Å². The molecule has 0 aliphatic heterocycles. The first-order valence-electron chi connectivity index (χ1n) is 5.96. The maximum absolute atomic E-state index is 12.2. The molecule has 4 heteroatoms. The van der Waals surface area contributed by atoms with Gasteiger partial charge in [0, 0.05) is 16.1 Å². The zero-order valence-electron chi connectivity index (χ0n) is 11.2. The van der Waals surface area contributed by atoms with Crippen molar-refractivity contribution in [2.45, 2.75) is 39.3 Å². The summed E-state index contributed by atoms with van der Waals surface area (Å²) in [5, 5.41) is 12.9. The number of carbonyl (C=O) groups is 1. The molecular weight excluding hydrogens is 250 g/mol. The van der Waals surface area contributed by atoms with Crippen molar-refractivity contribution in [1.29, 1.82) is 0 Å². The number of benzene rings is 1. The molecule has 0 aromatic heterocycles. The van der Waals surface area contributed by atoms with Gasteiger partial charge in [-0.05, 0) is 51.5 Å². The molecule has 0 bridgehead atoms. The van der Waals surface area contributed by atoms with Crippen molar-refractivity contribution in [2.24, 2.45) is 0 Å². The van der Waals surface area contributed by atoms with Crippen LogP contribution in [0.25, 0.3) is 0 Å². The zero-order valence-corrected chi connectivity index (χ0v) is 12.0. The average Bonchev–Trinajstić information content (AvgIpc) is 2.31. The number of Topliss-reactive ketones (excluding diaryl/α,β-unsaturated/α-hetero) is 1. The molecule has 1 rings (SSSR count). The monoisotopic (exact) mass is 269 g/mol. The zero-order chi connectivity index (χ0) is 13.9. The van der Waals surface area contributed by atoms with Crippen molar-refractivity contribution in [3.63, 3.8) is 0 Å². The van der Waals surface area contributed by atoms with E-state index in [0.717, 1.165) is 5.56 Å². The first-order chi connectivity index (χ1) is 8.26. The van der Waals surface area contributed by atoms with Gasteiger partial charge in [-0.15, -0.1) is 0 Å². The number of aryl methyl sites for hydroxylation is 1. The quantitative estimate of drug-likeness (QED) is 0.808. The number of hydrogen-bond donors (Lipinski definition) is 2. The fourth-order valence-corrected chi connectivity index (χ4v) is 1.86. The Balaban J connectivity index is 2.83. The Morgan fingerprint density at radius 1 is 1.50 bits per heavy atom. The molecule has 0 spiro atoms. The van der Waals surface area contributed by atoms with Crippen LogP contribution in [0.2, 0.25) is 5.02 Å². The number of halogens is 1. The molecule has 18 heavy (non-hydrogen) atoms. The Morgan fingerprint density at radius 2 is 2.11 bits per heavy atom. The largest absolute Gasteiger partial charge is 0.394 e. The van der Waals surface area contributed by atoms with Crippen molar-refractivity contribution in [3.05, 3.63) is 34.3 Å². The number of nitrogens with one attached hydrogen (secondary N) is 1. The topological polar surface area (TPSA) is 49.3 Å². The van der Waals surface area contributed by atoms with Crippen molar-refractivity contribution in [2.75, 3.05) is 6.61 Å². The summed E-state index contributed by atoms with van der Waals surface area (Å²) in [5.74, 6) is -0.00343. The van der Waals surface area contributed by atoms with Crippen LogP contribution < -0.4 is 5.32 Å². The molecule has 0 saturated heterocycles. The van der Waals surface area contributed by atoms with Crippen LogP contribution in [0.4, 0.5) is 0 Å². The van der Waals surface area contributed by atoms with Crippen LogP contribution in [-0.2, 0) is 0 Å². The standard InChI is InChI=1S/C14H20ClNO2/c1-9-7-11(5-6-12(9)15)13(18)10(2)16-14(3,4)8-17/h5-7,10,16-17H,8H2,1-4H3. The molecule has 0 fully saturated rings. The second-order valence-corrected chi connectivity index (χ2v) is 5.64. The van der Waals surface area contributed by atoms with Crippen molar-refractivity contribution >= 4 is 17.4 Å². The minimum absolute atomic E-state index is 0.00343. The molecule has 0 amide bonds. The van der Waals surface area contributed by atoms with Gasteiger partial charge in [0.2, 0.25) is 0 Å². The third kappa shape index (κ3) is 3.80. The van der Waals surface area contributed by atoms with Crippen LogP contribution in [0.5, 0.6) is 0 Å². The van der Waals surface area contributed by atoms with E-state index in [0.29, 0.717) is 10.6 Å². The number of ketones is 1. The number of hydrogen-bond acceptors (Lipinski definition) is 3. The highest BCUT2D eigenvalue weighted by atomic mass is 35.5. The fourth-order valence-electron chi connectivity index (χ4n) is 1.75. The van der Waals surface area contributed by atoms with Crippen molar-refractivity contribution in [3.8, 4) is 0 Å². The molecule has 0 heterocycles. The Labute approximate surface area is 113 Å². The first-order valence-corrected chi connectivity index (χ1v) is 6.33. The Bertz CT molecular complexity index is 443. The lowest BCUT2D eigenvalue weighted by molar-refractivity contribution is 0.0911. The van der Waals surface area contributed by atoms with E-state index in [1.54, 1.807) is 25.1 Å². The van der Waals surface area contributed by atoms with E-state index < -0.39 is 5.54 Å². The lowest BCUT2D eigenvalue weighted by atomic mass is 9.99. The van der Waals surface area contributed by atoms with E-state index >= 15 is 0 Å². The Kier molecular flexibility index (Phi) is 4.91. The van der Waals surface area contributed by atoms with E-state index in [1.807, 2.05) is 20.8 Å². The predicted octanol–water partition coefficient (Wildman–Crippen LogP) is 2.58. The molecular formula is C14H20ClNO2. The van der Waals surface area contributed by atoms with Gasteiger partial charge in [-0.25, -0.2) is 0 Å². The van der Waals surface area contributed by atoms with Gasteiger partial charge in [0.25, 0.3) is 0 Å². The van der Waals surface area contributed by atoms with Crippen LogP contribution in [0.3, 0.4) is 0 Å². The van der Waals surface area contributed by atoms with E-state index in [1.165, 1.54) is 0 Å². The highest BCUT2D eigenvalue weighted by molar-refractivity contribution is 6.31. The Hall–Kier alpha value is -0.900. The summed E-state index contributed by atoms with van der Waals surface area (Å²) in [6.45, 7) is 7.34. The molecule has 0 aliphatic carbocycles. The Morgan fingerprint density at radius 3 is 2.61 bits per heavy atom. The lowest BCUT2D eigenvalue weighted by Crippen LogP contribution is -2.50. The van der Waals surface area contributed by atoms with Gasteiger partial charge in [-0.1, -0.05) is 11.6 Å². The SMILES string of the molecule is Cc1cc(C(=O)C(C)NC(C)(C)CO)ccc1Cl. The van der Waals surface area contributed by atoms with Crippen LogP contribution in [0.1, 0.15) is 36.7 Å². The molecule has 1 atom stereocenters. The van der Waals surface area contributed by atoms with Gasteiger partial charge in [-0.3, -0.25) is 4.79 Å². The summed E-state index contributed by atoms with van der Waals surface area (Å²) >= 11 is 5.93. The molecule has 1 aromatic rings. The summed E-state index contributed by atoms with van der Waals surface area (Å²) < 4.78 is 0. The summed E-state index contributed by atoms with van der Waals surface area (Å²) in [4.78, 5) is 12.2. The number of aliphatic hydroxyl groups is 1. The summed E-state index contributed by atoms with van der Waals surface area (Å²) in [5.41, 5.74) is 1.04. The highest BCUT2D eigenvalue weighted by Crippen LogP contribution is 2.17. The van der Waals surface area contributed by atoms with E-state index in [9.17, 15) is 9.90 Å². The summed E-state index contributed by atoms with van der Waals surface area (Å²) in [6, 6.07) is 4.89. The maximum Gasteiger partial charge on any atom is 0.179 e. The minimum atomic E-state index is -0.476. The van der Waals surface area contributed by atoms with E-state index in [4.69, 9.17) is 11.6 Å². The number of rotatable bonds is 5. The first kappa shape index (κ1) is 15.2. The smallest absolute Gasteiger partial charge is 0.179 e. The second-order valence-electron chi connectivity index (χ2n) is 5.24. The maximum atomic E-state index is 12.2. The van der Waals surface area contributed by atoms with Crippen molar-refractivity contribution in [1.82, 2.24) is 5.32 Å². The van der Waals surface area contributed by atoms with Crippen LogP contribution in [0.15, 0.2) is 18.2 Å². The molecule has 2 N–H and O–H groups in total. The normalized spacial score (nSPS) is 13.4. The van der Waals surface area contributed by atoms with E-state index in [2.05, 4.69) is 5.32 Å². The van der Waals surface area contributed by atoms with Gasteiger partial charge in [0.05, 0.1) is 12.6 Å². The summed E-state index contributed by atoms with van der Waals surface area (Å²) in [6.07, 6.45) is 0. The van der Waals surface area contributed by atoms with Gasteiger partial charge < -0.3 is 10.4 Å². The summed E-state index contributed by atoms with van der Waals surface area (Å²) in [7, 11) is 0. The number of carbonyl (C=O) groups excluding carboxylic acids is 1. The molecule has 100 valence electrons. The van der Waals surface area contributed by atoms with Gasteiger partial charge in [-0.2, -0.15) is 0 Å². The molecule has 1 unspecified atom stereocenters. The third-order valence-electron chi connectivity index (χ3n) is 2.84. The molecule has 0 radical (unpaired) electrons. The van der Waals surface area contributed by atoms with Crippen LogP contribution >= 0.6 is 11.6 Å². The van der Waals surface area contributed by atoms with Gasteiger partial charge in [0.1, 0.15) is 0 Å². The highest BCUT2D eigenvalue weighted by Gasteiger charge is 2.23. The van der Waals surface area contributed by atoms with E-state index in [-0.39, 0.29) is 18.4 Å². The molecule has 0 aliphatic rings. The molecule has 1 aromatic carbocycles. The minimum Gasteiger partial charge on any atom is -0.394 e. The predicted molar refractivity (Wildman–Crippen MR) is 74.3 cm³/mol. The molecule has 3 nitrogen and oxygen atoms in total. The van der Waals surface area contributed by atoms with Crippen molar-refractivity contribution < 1.29 is 9.90 Å².